The molecule has 0 fully saturated rings. The molecule has 354 valence electrons. The predicted octanol–water partition coefficient (Wildman–Crippen LogP) is 19.1. The second-order valence-corrected chi connectivity index (χ2v) is 24.5. The SMILES string of the molecule is CCCCCCCCP(CCCCCCCC)C(C)C.CCCCCCCCPCCCCCCCC.CCCCCCCCPCCCCCCCC.[O]=[Ti]([OH])[OH]. The van der Waals surface area contributed by atoms with Crippen LogP contribution in [-0.2, 0) is 21.9 Å². The first-order valence-corrected chi connectivity index (χ1v) is 33.0. The number of hydrogen-bond acceptors (Lipinski definition) is 1. The van der Waals surface area contributed by atoms with Crippen molar-refractivity contribution >= 4 is 25.1 Å². The Balaban J connectivity index is -0.000000361. The average Bonchev–Trinajstić information content (AvgIpc) is 3.20. The van der Waals surface area contributed by atoms with Crippen LogP contribution in [0.25, 0.3) is 0 Å². The summed E-state index contributed by atoms with van der Waals surface area (Å²) in [5.74, 6) is 0. The molecule has 0 aliphatic carbocycles. The number of unbranched alkanes of at least 4 members (excludes halogenated alkanes) is 30. The zero-order valence-electron chi connectivity index (χ0n) is 41.5. The van der Waals surface area contributed by atoms with Crippen LogP contribution in [0, 0.1) is 0 Å². The van der Waals surface area contributed by atoms with Gasteiger partial charge in [0, 0.05) is 0 Å². The van der Waals surface area contributed by atoms with Crippen molar-refractivity contribution in [2.24, 2.45) is 0 Å². The van der Waals surface area contributed by atoms with Crippen LogP contribution in [0.1, 0.15) is 287 Å². The first-order valence-electron chi connectivity index (χ1n) is 26.4. The number of rotatable bonds is 43. The van der Waals surface area contributed by atoms with Crippen LogP contribution >= 0.6 is 25.1 Å². The molecular formula is C51H113O3P3Ti. The van der Waals surface area contributed by atoms with E-state index in [2.05, 4.69) is 55.4 Å². The Labute approximate surface area is 381 Å². The van der Waals surface area contributed by atoms with E-state index in [9.17, 15) is 0 Å². The van der Waals surface area contributed by atoms with Gasteiger partial charge >= 0.3 is 29.3 Å². The minimum atomic E-state index is -3.58. The van der Waals surface area contributed by atoms with Crippen molar-refractivity contribution in [2.45, 2.75) is 292 Å². The Hall–Kier alpha value is 1.72. The molecule has 0 radical (unpaired) electrons. The van der Waals surface area contributed by atoms with E-state index in [1.54, 1.807) is 12.3 Å². The molecule has 0 aromatic carbocycles. The summed E-state index contributed by atoms with van der Waals surface area (Å²) in [6.45, 7) is 18.7. The fourth-order valence-corrected chi connectivity index (χ4v) is 12.2. The molecule has 0 atom stereocenters. The van der Waals surface area contributed by atoms with Gasteiger partial charge < -0.3 is 0 Å². The molecule has 7 heteroatoms. The van der Waals surface area contributed by atoms with Crippen LogP contribution < -0.4 is 0 Å². The van der Waals surface area contributed by atoms with Gasteiger partial charge in [-0.25, -0.2) is 0 Å². The van der Waals surface area contributed by atoms with Crippen molar-refractivity contribution in [3.05, 3.63) is 0 Å². The maximum atomic E-state index is 8.81. The van der Waals surface area contributed by atoms with E-state index in [1.165, 1.54) is 273 Å². The van der Waals surface area contributed by atoms with Gasteiger partial charge in [0.15, 0.2) is 0 Å². The van der Waals surface area contributed by atoms with Gasteiger partial charge in [0.2, 0.25) is 0 Å². The van der Waals surface area contributed by atoms with Crippen LogP contribution in [0.5, 0.6) is 0 Å². The van der Waals surface area contributed by atoms with E-state index in [0.29, 0.717) is 7.92 Å². The number of hydrogen-bond donors (Lipinski definition) is 2. The molecule has 3 nitrogen and oxygen atoms in total. The van der Waals surface area contributed by atoms with Crippen molar-refractivity contribution in [3.8, 4) is 0 Å². The first-order chi connectivity index (χ1) is 28.3. The van der Waals surface area contributed by atoms with E-state index in [-0.39, 0.29) is 0 Å². The van der Waals surface area contributed by atoms with Crippen molar-refractivity contribution in [1.82, 2.24) is 0 Å². The van der Waals surface area contributed by atoms with Crippen LogP contribution in [0.15, 0.2) is 0 Å². The van der Waals surface area contributed by atoms with Crippen LogP contribution in [0.3, 0.4) is 0 Å². The molecular weight excluding hydrogens is 801 g/mol. The molecule has 0 unspecified atom stereocenters. The summed E-state index contributed by atoms with van der Waals surface area (Å²) >= 11 is -3.58. The van der Waals surface area contributed by atoms with E-state index in [4.69, 9.17) is 10.7 Å². The standard InChI is InChI=1S/C19H41P.2C16H35P.2H2O.O.Ti/c1-5-7-9-11-13-15-17-20(19(3)4)18-16-14-12-10-8-6-2;2*1-3-5-7-9-11-13-15-17-16-14-12-10-8-6-4-2;;;;/h19H,5-18H2,1-4H3;2*17H,3-16H2,1-2H3;2*1H2;;/q;;;;;;+2/p-2. The molecule has 0 aromatic rings. The molecule has 0 rings (SSSR count). The molecule has 0 saturated heterocycles. The van der Waals surface area contributed by atoms with Crippen molar-refractivity contribution < 1.29 is 29.3 Å². The van der Waals surface area contributed by atoms with Gasteiger partial charge in [-0.3, -0.25) is 0 Å². The van der Waals surface area contributed by atoms with Crippen molar-refractivity contribution in [1.29, 1.82) is 0 Å². The summed E-state index contributed by atoms with van der Waals surface area (Å²) in [4.78, 5) is 0. The summed E-state index contributed by atoms with van der Waals surface area (Å²) in [5.41, 5.74) is 0.955. The Morgan fingerprint density at radius 1 is 0.345 bits per heavy atom. The van der Waals surface area contributed by atoms with Crippen molar-refractivity contribution in [3.63, 3.8) is 0 Å². The van der Waals surface area contributed by atoms with Gasteiger partial charge in [0.25, 0.3) is 0 Å². The summed E-state index contributed by atoms with van der Waals surface area (Å²) < 4.78 is 23.2. The van der Waals surface area contributed by atoms with Crippen LogP contribution in [0.4, 0.5) is 0 Å². The van der Waals surface area contributed by atoms with Gasteiger partial charge in [0.1, 0.15) is 0 Å². The third-order valence-corrected chi connectivity index (χ3v) is 17.2. The van der Waals surface area contributed by atoms with Crippen LogP contribution in [-0.4, -0.2) is 50.0 Å². The quantitative estimate of drug-likeness (QED) is 0.0364. The normalized spacial score (nSPS) is 10.9. The van der Waals surface area contributed by atoms with E-state index >= 15 is 0 Å². The second-order valence-electron chi connectivity index (χ2n) is 17.5. The summed E-state index contributed by atoms with van der Waals surface area (Å²) in [7, 11) is 2.84. The monoisotopic (exact) mass is 915 g/mol. The molecule has 58 heavy (non-hydrogen) atoms. The Kier molecular flexibility index (Phi) is 74.7. The molecule has 0 aliphatic rings. The zero-order valence-corrected chi connectivity index (χ0v) is 46.0. The molecule has 0 amide bonds. The van der Waals surface area contributed by atoms with E-state index in [0.717, 1.165) is 5.66 Å². The molecule has 0 bridgehead atoms. The van der Waals surface area contributed by atoms with Gasteiger partial charge in [-0.05, 0) is 81.2 Å². The Morgan fingerprint density at radius 3 is 0.707 bits per heavy atom. The fourth-order valence-electron chi connectivity index (χ4n) is 7.19. The predicted molar refractivity (Wildman–Crippen MR) is 273 cm³/mol. The van der Waals surface area contributed by atoms with E-state index in [1.807, 2.05) is 0 Å². The van der Waals surface area contributed by atoms with Gasteiger partial charge in [-0.2, -0.15) is 0 Å². The third kappa shape index (κ3) is 75.1. The third-order valence-electron chi connectivity index (χ3n) is 11.2. The van der Waals surface area contributed by atoms with E-state index < -0.39 is 18.6 Å². The fraction of sp³-hybridized carbons (Fsp3) is 1.00. The van der Waals surface area contributed by atoms with Crippen LogP contribution in [0.2, 0.25) is 0 Å². The molecule has 0 saturated carbocycles. The summed E-state index contributed by atoms with van der Waals surface area (Å²) in [6, 6.07) is 0. The first kappa shape index (κ1) is 66.3. The van der Waals surface area contributed by atoms with Crippen molar-refractivity contribution in [2.75, 3.05) is 37.0 Å². The summed E-state index contributed by atoms with van der Waals surface area (Å²) in [5, 5.41) is 0. The maximum absolute atomic E-state index is 8.81. The van der Waals surface area contributed by atoms with Gasteiger partial charge in [0.05, 0.1) is 0 Å². The van der Waals surface area contributed by atoms with Gasteiger partial charge in [-0.1, -0.05) is 248 Å². The average molecular weight is 915 g/mol. The Morgan fingerprint density at radius 2 is 0.517 bits per heavy atom. The molecule has 0 spiro atoms. The molecule has 0 aromatic heterocycles. The molecule has 0 heterocycles. The Bertz CT molecular complexity index is 607. The topological polar surface area (TPSA) is 57.5 Å². The van der Waals surface area contributed by atoms with Gasteiger partial charge in [-0.15, -0.1) is 25.1 Å². The minimum absolute atomic E-state index is 0.331. The second kappa shape index (κ2) is 65.3. The zero-order chi connectivity index (χ0) is 43.8. The summed E-state index contributed by atoms with van der Waals surface area (Å²) in [6.07, 6.45) is 61.7. The molecule has 0 aliphatic heterocycles. The molecule has 2 N–H and O–H groups in total.